The molecule has 2 N–H and O–H groups in total. The van der Waals surface area contributed by atoms with E-state index in [9.17, 15) is 9.59 Å². The Labute approximate surface area is 112 Å². The van der Waals surface area contributed by atoms with Gasteiger partial charge in [-0.05, 0) is 40.2 Å². The molecule has 0 bridgehead atoms. The highest BCUT2D eigenvalue weighted by molar-refractivity contribution is 9.10. The van der Waals surface area contributed by atoms with Crippen LogP contribution in [0.25, 0.3) is 0 Å². The minimum atomic E-state index is -0.767. The van der Waals surface area contributed by atoms with Crippen LogP contribution in [-0.2, 0) is 4.79 Å². The van der Waals surface area contributed by atoms with Gasteiger partial charge in [-0.2, -0.15) is 0 Å². The molecule has 0 aliphatic heterocycles. The Morgan fingerprint density at radius 2 is 2.12 bits per heavy atom. The summed E-state index contributed by atoms with van der Waals surface area (Å²) in [6, 6.07) is 1.84. The van der Waals surface area contributed by atoms with E-state index in [1.54, 1.807) is 0 Å². The molecule has 0 aliphatic carbocycles. The number of halogens is 1. The number of hydrogen-bond acceptors (Lipinski definition) is 3. The van der Waals surface area contributed by atoms with Gasteiger partial charge in [0, 0.05) is 17.4 Å². The van der Waals surface area contributed by atoms with E-state index in [0.717, 1.165) is 17.3 Å². The van der Waals surface area contributed by atoms with Crippen LogP contribution in [0.2, 0.25) is 0 Å². The summed E-state index contributed by atoms with van der Waals surface area (Å²) in [4.78, 5) is 22.6. The molecular formula is C11H14BrNO3S. The van der Waals surface area contributed by atoms with Crippen LogP contribution < -0.4 is 5.32 Å². The van der Waals surface area contributed by atoms with Crippen molar-refractivity contribution in [3.8, 4) is 0 Å². The topological polar surface area (TPSA) is 66.4 Å². The van der Waals surface area contributed by atoms with Crippen LogP contribution >= 0.6 is 27.3 Å². The second-order valence-corrected chi connectivity index (χ2v) is 5.33. The van der Waals surface area contributed by atoms with Gasteiger partial charge in [0.15, 0.2) is 0 Å². The van der Waals surface area contributed by atoms with Crippen molar-refractivity contribution in [1.82, 2.24) is 5.32 Å². The SMILES string of the molecule is O=C(O)CCCCCNC(=O)c1sccc1Br. The summed E-state index contributed by atoms with van der Waals surface area (Å²) < 4.78 is 0.811. The van der Waals surface area contributed by atoms with E-state index in [-0.39, 0.29) is 12.3 Å². The van der Waals surface area contributed by atoms with Crippen molar-refractivity contribution in [3.05, 3.63) is 20.8 Å². The molecule has 1 rings (SSSR count). The molecular weight excluding hydrogens is 306 g/mol. The van der Waals surface area contributed by atoms with Crippen LogP contribution in [-0.4, -0.2) is 23.5 Å². The van der Waals surface area contributed by atoms with E-state index >= 15 is 0 Å². The van der Waals surface area contributed by atoms with Crippen LogP contribution in [0, 0.1) is 0 Å². The number of aliphatic carboxylic acids is 1. The number of nitrogens with one attached hydrogen (secondary N) is 1. The van der Waals surface area contributed by atoms with Crippen LogP contribution in [0.3, 0.4) is 0 Å². The molecule has 4 nitrogen and oxygen atoms in total. The lowest BCUT2D eigenvalue weighted by Gasteiger charge is -2.03. The lowest BCUT2D eigenvalue weighted by Crippen LogP contribution is -2.23. The van der Waals surface area contributed by atoms with E-state index in [1.165, 1.54) is 11.3 Å². The number of carboxylic acid groups (broad SMARTS) is 1. The highest BCUT2D eigenvalue weighted by Crippen LogP contribution is 2.22. The Kier molecular flexibility index (Phi) is 6.21. The summed E-state index contributed by atoms with van der Waals surface area (Å²) in [6.07, 6.45) is 2.48. The Bertz CT molecular complexity index is 392. The monoisotopic (exact) mass is 319 g/mol. The fourth-order valence-corrected chi connectivity index (χ4v) is 2.78. The molecule has 1 heterocycles. The number of carbonyl (C=O) groups excluding carboxylic acids is 1. The molecule has 1 amide bonds. The van der Waals surface area contributed by atoms with Crippen LogP contribution in [0.15, 0.2) is 15.9 Å². The number of rotatable bonds is 7. The largest absolute Gasteiger partial charge is 0.481 e. The smallest absolute Gasteiger partial charge is 0.303 e. The fraction of sp³-hybridized carbons (Fsp3) is 0.455. The predicted molar refractivity (Wildman–Crippen MR) is 70.5 cm³/mol. The Balaban J connectivity index is 2.13. The van der Waals surface area contributed by atoms with Crippen LogP contribution in [0.5, 0.6) is 0 Å². The second kappa shape index (κ2) is 7.45. The van der Waals surface area contributed by atoms with E-state index in [0.29, 0.717) is 17.8 Å². The predicted octanol–water partition coefficient (Wildman–Crippen LogP) is 2.89. The van der Waals surface area contributed by atoms with Gasteiger partial charge in [-0.1, -0.05) is 6.42 Å². The molecule has 0 atom stereocenters. The zero-order valence-electron chi connectivity index (χ0n) is 9.24. The van der Waals surface area contributed by atoms with Crippen molar-refractivity contribution in [3.63, 3.8) is 0 Å². The molecule has 0 radical (unpaired) electrons. The maximum absolute atomic E-state index is 11.6. The molecule has 6 heteroatoms. The number of unbranched alkanes of at least 4 members (excludes halogenated alkanes) is 2. The number of carboxylic acids is 1. The molecule has 0 saturated carbocycles. The van der Waals surface area contributed by atoms with Gasteiger partial charge in [0.1, 0.15) is 4.88 Å². The average molecular weight is 320 g/mol. The van der Waals surface area contributed by atoms with Gasteiger partial charge in [-0.25, -0.2) is 0 Å². The summed E-state index contributed by atoms with van der Waals surface area (Å²) in [5.74, 6) is -0.846. The Morgan fingerprint density at radius 3 is 2.71 bits per heavy atom. The van der Waals surface area contributed by atoms with E-state index in [4.69, 9.17) is 5.11 Å². The van der Waals surface area contributed by atoms with E-state index < -0.39 is 5.97 Å². The highest BCUT2D eigenvalue weighted by atomic mass is 79.9. The molecule has 17 heavy (non-hydrogen) atoms. The molecule has 1 aromatic heterocycles. The maximum atomic E-state index is 11.6. The third-order valence-corrected chi connectivity index (χ3v) is 4.01. The first-order valence-corrected chi connectivity index (χ1v) is 7.01. The zero-order valence-corrected chi connectivity index (χ0v) is 11.6. The first-order valence-electron chi connectivity index (χ1n) is 5.34. The number of amides is 1. The van der Waals surface area contributed by atoms with Gasteiger partial charge in [0.25, 0.3) is 5.91 Å². The Hall–Kier alpha value is -0.880. The lowest BCUT2D eigenvalue weighted by atomic mass is 10.2. The maximum Gasteiger partial charge on any atom is 0.303 e. The van der Waals surface area contributed by atoms with Crippen molar-refractivity contribution in [2.75, 3.05) is 6.54 Å². The van der Waals surface area contributed by atoms with Crippen molar-refractivity contribution in [2.24, 2.45) is 0 Å². The fourth-order valence-electron chi connectivity index (χ4n) is 1.32. The molecule has 0 aromatic carbocycles. The van der Waals surface area contributed by atoms with Crippen molar-refractivity contribution < 1.29 is 14.7 Å². The van der Waals surface area contributed by atoms with Crippen molar-refractivity contribution in [1.29, 1.82) is 0 Å². The Morgan fingerprint density at radius 1 is 1.35 bits per heavy atom. The van der Waals surface area contributed by atoms with Crippen LogP contribution in [0.1, 0.15) is 35.4 Å². The first kappa shape index (κ1) is 14.2. The van der Waals surface area contributed by atoms with Crippen LogP contribution in [0.4, 0.5) is 0 Å². The summed E-state index contributed by atoms with van der Waals surface area (Å²) in [7, 11) is 0. The third kappa shape index (κ3) is 5.32. The van der Waals surface area contributed by atoms with Crippen molar-refractivity contribution >= 4 is 39.1 Å². The molecule has 0 fully saturated rings. The quantitative estimate of drug-likeness (QED) is 0.759. The highest BCUT2D eigenvalue weighted by Gasteiger charge is 2.10. The number of hydrogen-bond donors (Lipinski definition) is 2. The standard InChI is InChI=1S/C11H14BrNO3S/c12-8-5-7-17-10(8)11(16)13-6-3-1-2-4-9(14)15/h5,7H,1-4,6H2,(H,13,16)(H,14,15). The summed E-state index contributed by atoms with van der Waals surface area (Å²) in [5.41, 5.74) is 0. The normalized spacial score (nSPS) is 10.2. The summed E-state index contributed by atoms with van der Waals surface area (Å²) in [5, 5.41) is 13.1. The van der Waals surface area contributed by atoms with E-state index in [1.807, 2.05) is 11.4 Å². The minimum absolute atomic E-state index is 0.0786. The van der Waals surface area contributed by atoms with Gasteiger partial charge in [0.05, 0.1) is 0 Å². The lowest BCUT2D eigenvalue weighted by molar-refractivity contribution is -0.137. The molecule has 94 valence electrons. The van der Waals surface area contributed by atoms with Crippen molar-refractivity contribution in [2.45, 2.75) is 25.7 Å². The number of carbonyl (C=O) groups is 2. The third-order valence-electron chi connectivity index (χ3n) is 2.18. The molecule has 0 aliphatic rings. The molecule has 0 spiro atoms. The first-order chi connectivity index (χ1) is 8.11. The molecule has 1 aromatic rings. The zero-order chi connectivity index (χ0) is 12.7. The molecule has 0 unspecified atom stereocenters. The van der Waals surface area contributed by atoms with Gasteiger partial charge < -0.3 is 10.4 Å². The average Bonchev–Trinajstić information content (AvgIpc) is 2.69. The van der Waals surface area contributed by atoms with Gasteiger partial charge >= 0.3 is 5.97 Å². The summed E-state index contributed by atoms with van der Waals surface area (Å²) in [6.45, 7) is 0.586. The van der Waals surface area contributed by atoms with Gasteiger partial charge in [0.2, 0.25) is 0 Å². The van der Waals surface area contributed by atoms with Gasteiger partial charge in [-0.3, -0.25) is 9.59 Å². The molecule has 0 saturated heterocycles. The second-order valence-electron chi connectivity index (χ2n) is 3.56. The van der Waals surface area contributed by atoms with E-state index in [2.05, 4.69) is 21.2 Å². The number of thiophene rings is 1. The van der Waals surface area contributed by atoms with Gasteiger partial charge in [-0.15, -0.1) is 11.3 Å². The summed E-state index contributed by atoms with van der Waals surface area (Å²) >= 11 is 4.69. The minimum Gasteiger partial charge on any atom is -0.481 e.